The lowest BCUT2D eigenvalue weighted by Crippen LogP contribution is -2.31. The first-order valence-corrected chi connectivity index (χ1v) is 9.35. The molecule has 0 spiro atoms. The van der Waals surface area contributed by atoms with Crippen molar-refractivity contribution in [1.82, 2.24) is 4.98 Å². The highest BCUT2D eigenvalue weighted by Crippen LogP contribution is 2.20. The van der Waals surface area contributed by atoms with E-state index < -0.39 is 0 Å². The largest absolute Gasteiger partial charge is 0.490 e. The van der Waals surface area contributed by atoms with Gasteiger partial charge in [-0.3, -0.25) is 9.69 Å². The van der Waals surface area contributed by atoms with E-state index in [-0.39, 0.29) is 5.91 Å². The number of nitrogens with zero attached hydrogens (tertiary/aromatic N) is 2. The average molecular weight is 372 g/mol. The number of carbonyl (C=O) groups is 1. The molecule has 1 heterocycles. The number of hydrogen-bond donors (Lipinski definition) is 0. The van der Waals surface area contributed by atoms with E-state index in [1.165, 1.54) is 5.56 Å². The lowest BCUT2D eigenvalue weighted by molar-refractivity contribution is 0.0984. The third-order valence-electron chi connectivity index (χ3n) is 4.41. The summed E-state index contributed by atoms with van der Waals surface area (Å²) in [5.41, 5.74) is 2.92. The fourth-order valence-corrected chi connectivity index (χ4v) is 2.84. The summed E-state index contributed by atoms with van der Waals surface area (Å²) in [5.74, 6) is 1.23. The van der Waals surface area contributed by atoms with E-state index >= 15 is 0 Å². The van der Waals surface area contributed by atoms with Crippen molar-refractivity contribution in [1.29, 1.82) is 0 Å². The van der Waals surface area contributed by atoms with Gasteiger partial charge in [-0.15, -0.1) is 0 Å². The third-order valence-corrected chi connectivity index (χ3v) is 4.41. The van der Waals surface area contributed by atoms with Gasteiger partial charge in [0.2, 0.25) is 0 Å². The number of rotatable bonds is 8. The van der Waals surface area contributed by atoms with Gasteiger partial charge in [-0.25, -0.2) is 4.98 Å². The summed E-state index contributed by atoms with van der Waals surface area (Å²) in [4.78, 5) is 19.3. The molecule has 0 saturated heterocycles. The standard InChI is InChI=1S/C24H24N2O2/c1-3-17-28-22-14-12-21(13-15-22)24(27)26(23-7-5-6-16-25-23)18-20-10-8-19(4-2)9-11-20/h3,5-16H,1,4,17-18H2,2H3. The highest BCUT2D eigenvalue weighted by atomic mass is 16.5. The van der Waals surface area contributed by atoms with E-state index in [4.69, 9.17) is 4.74 Å². The van der Waals surface area contributed by atoms with Crippen LogP contribution in [0.25, 0.3) is 0 Å². The number of benzene rings is 2. The molecule has 4 nitrogen and oxygen atoms in total. The van der Waals surface area contributed by atoms with Crippen LogP contribution in [0.3, 0.4) is 0 Å². The summed E-state index contributed by atoms with van der Waals surface area (Å²) in [6.45, 7) is 6.65. The minimum Gasteiger partial charge on any atom is -0.490 e. The summed E-state index contributed by atoms with van der Waals surface area (Å²) < 4.78 is 5.50. The molecular formula is C24H24N2O2. The van der Waals surface area contributed by atoms with Gasteiger partial charge in [0.25, 0.3) is 5.91 Å². The van der Waals surface area contributed by atoms with Crippen molar-refractivity contribution in [2.45, 2.75) is 19.9 Å². The Morgan fingerprint density at radius 1 is 1.04 bits per heavy atom. The van der Waals surface area contributed by atoms with E-state index in [2.05, 4.69) is 42.8 Å². The molecule has 142 valence electrons. The van der Waals surface area contributed by atoms with E-state index in [0.29, 0.717) is 30.3 Å². The molecule has 0 aliphatic rings. The smallest absolute Gasteiger partial charge is 0.259 e. The van der Waals surface area contributed by atoms with Gasteiger partial charge >= 0.3 is 0 Å². The molecule has 0 aliphatic heterocycles. The quantitative estimate of drug-likeness (QED) is 0.519. The number of amides is 1. The van der Waals surface area contributed by atoms with Gasteiger partial charge in [0.15, 0.2) is 0 Å². The van der Waals surface area contributed by atoms with Crippen molar-refractivity contribution >= 4 is 11.7 Å². The molecule has 0 unspecified atom stereocenters. The molecule has 0 aliphatic carbocycles. The van der Waals surface area contributed by atoms with Gasteiger partial charge in [0.05, 0.1) is 6.54 Å². The first kappa shape index (κ1) is 19.4. The van der Waals surface area contributed by atoms with Crippen molar-refractivity contribution in [3.63, 3.8) is 0 Å². The number of aromatic nitrogens is 1. The van der Waals surface area contributed by atoms with Crippen LogP contribution in [0.1, 0.15) is 28.4 Å². The molecule has 2 aromatic carbocycles. The molecule has 0 N–H and O–H groups in total. The lowest BCUT2D eigenvalue weighted by Gasteiger charge is -2.22. The number of ether oxygens (including phenoxy) is 1. The summed E-state index contributed by atoms with van der Waals surface area (Å²) in [5, 5.41) is 0. The van der Waals surface area contributed by atoms with E-state index in [0.717, 1.165) is 12.0 Å². The SMILES string of the molecule is C=CCOc1ccc(C(=O)N(Cc2ccc(CC)cc2)c2ccccn2)cc1. The van der Waals surface area contributed by atoms with Crippen molar-refractivity contribution in [2.75, 3.05) is 11.5 Å². The maximum absolute atomic E-state index is 13.2. The van der Waals surface area contributed by atoms with Crippen molar-refractivity contribution in [3.8, 4) is 5.75 Å². The number of aryl methyl sites for hydroxylation is 1. The monoisotopic (exact) mass is 372 g/mol. The Bertz CT molecular complexity index is 904. The fourth-order valence-electron chi connectivity index (χ4n) is 2.84. The van der Waals surface area contributed by atoms with Crippen LogP contribution in [-0.2, 0) is 13.0 Å². The van der Waals surface area contributed by atoms with Gasteiger partial charge in [0.1, 0.15) is 18.2 Å². The molecule has 3 aromatic rings. The zero-order valence-corrected chi connectivity index (χ0v) is 16.0. The normalized spacial score (nSPS) is 10.3. The topological polar surface area (TPSA) is 42.4 Å². The average Bonchev–Trinajstić information content (AvgIpc) is 2.77. The predicted octanol–water partition coefficient (Wildman–Crippen LogP) is 5.06. The molecule has 1 aromatic heterocycles. The van der Waals surface area contributed by atoms with Crippen molar-refractivity contribution in [2.24, 2.45) is 0 Å². The number of anilines is 1. The van der Waals surface area contributed by atoms with Gasteiger partial charge in [0, 0.05) is 11.8 Å². The first-order valence-electron chi connectivity index (χ1n) is 9.35. The van der Waals surface area contributed by atoms with Crippen LogP contribution >= 0.6 is 0 Å². The zero-order valence-electron chi connectivity index (χ0n) is 16.0. The van der Waals surface area contributed by atoms with Crippen LogP contribution in [0.4, 0.5) is 5.82 Å². The minimum absolute atomic E-state index is 0.103. The van der Waals surface area contributed by atoms with Crippen LogP contribution in [0, 0.1) is 0 Å². The maximum atomic E-state index is 13.2. The lowest BCUT2D eigenvalue weighted by atomic mass is 10.1. The molecule has 0 fully saturated rings. The number of pyridine rings is 1. The van der Waals surface area contributed by atoms with Crippen LogP contribution in [-0.4, -0.2) is 17.5 Å². The molecular weight excluding hydrogens is 348 g/mol. The van der Waals surface area contributed by atoms with Crippen LogP contribution in [0.15, 0.2) is 85.6 Å². The number of hydrogen-bond acceptors (Lipinski definition) is 3. The van der Waals surface area contributed by atoms with Gasteiger partial charge in [-0.1, -0.05) is 49.9 Å². The summed E-state index contributed by atoms with van der Waals surface area (Å²) in [6, 6.07) is 21.0. The third kappa shape index (κ3) is 4.86. The van der Waals surface area contributed by atoms with Crippen LogP contribution in [0.5, 0.6) is 5.75 Å². The van der Waals surface area contributed by atoms with Gasteiger partial charge < -0.3 is 4.74 Å². The Hall–Kier alpha value is -3.40. The Balaban J connectivity index is 1.85. The van der Waals surface area contributed by atoms with Gasteiger partial charge in [-0.05, 0) is 53.9 Å². The Kier molecular flexibility index (Phi) is 6.58. The van der Waals surface area contributed by atoms with Crippen molar-refractivity contribution < 1.29 is 9.53 Å². The molecule has 3 rings (SSSR count). The Morgan fingerprint density at radius 3 is 2.36 bits per heavy atom. The molecule has 0 radical (unpaired) electrons. The van der Waals surface area contributed by atoms with Gasteiger partial charge in [-0.2, -0.15) is 0 Å². The zero-order chi connectivity index (χ0) is 19.8. The summed E-state index contributed by atoms with van der Waals surface area (Å²) in [7, 11) is 0. The maximum Gasteiger partial charge on any atom is 0.259 e. The van der Waals surface area contributed by atoms with Crippen LogP contribution < -0.4 is 9.64 Å². The molecule has 0 atom stereocenters. The first-order chi connectivity index (χ1) is 13.7. The fraction of sp³-hybridized carbons (Fsp3) is 0.167. The predicted molar refractivity (Wildman–Crippen MR) is 113 cm³/mol. The van der Waals surface area contributed by atoms with E-state index in [1.54, 1.807) is 41.4 Å². The molecule has 0 bridgehead atoms. The second-order valence-electron chi connectivity index (χ2n) is 6.37. The molecule has 1 amide bonds. The highest BCUT2D eigenvalue weighted by molar-refractivity contribution is 6.05. The summed E-state index contributed by atoms with van der Waals surface area (Å²) >= 11 is 0. The molecule has 0 saturated carbocycles. The second-order valence-corrected chi connectivity index (χ2v) is 6.37. The van der Waals surface area contributed by atoms with Crippen LogP contribution in [0.2, 0.25) is 0 Å². The van der Waals surface area contributed by atoms with Crippen molar-refractivity contribution in [3.05, 3.63) is 102 Å². The molecule has 4 heteroatoms. The van der Waals surface area contributed by atoms with E-state index in [9.17, 15) is 4.79 Å². The Morgan fingerprint density at radius 2 is 1.75 bits per heavy atom. The minimum atomic E-state index is -0.103. The second kappa shape index (κ2) is 9.51. The van der Waals surface area contributed by atoms with E-state index in [1.807, 2.05) is 18.2 Å². The summed E-state index contributed by atoms with van der Waals surface area (Å²) in [6.07, 6.45) is 4.37. The molecule has 28 heavy (non-hydrogen) atoms. The number of carbonyl (C=O) groups excluding carboxylic acids is 1. The Labute approximate surface area is 166 Å². The highest BCUT2D eigenvalue weighted by Gasteiger charge is 2.19.